The highest BCUT2D eigenvalue weighted by molar-refractivity contribution is 6.09. The van der Waals surface area contributed by atoms with Crippen LogP contribution >= 0.6 is 0 Å². The van der Waals surface area contributed by atoms with Gasteiger partial charge in [0, 0.05) is 29.4 Å². The van der Waals surface area contributed by atoms with Crippen molar-refractivity contribution in [1.29, 1.82) is 0 Å². The molecule has 0 radical (unpaired) electrons. The molecule has 0 aliphatic heterocycles. The number of para-hydroxylation sites is 1. The second-order valence-corrected chi connectivity index (χ2v) is 6.78. The number of aromatic nitrogens is 1. The fourth-order valence-corrected chi connectivity index (χ4v) is 4.18. The second kappa shape index (κ2) is 6.52. The molecule has 1 fully saturated rings. The van der Waals surface area contributed by atoms with E-state index in [0.717, 1.165) is 31.2 Å². The molecule has 4 heteroatoms. The number of esters is 1. The van der Waals surface area contributed by atoms with Crippen LogP contribution in [-0.2, 0) is 9.47 Å². The summed E-state index contributed by atoms with van der Waals surface area (Å²) in [6.07, 6.45) is 4.70. The first-order valence-corrected chi connectivity index (χ1v) is 8.86. The van der Waals surface area contributed by atoms with Crippen LogP contribution in [0.3, 0.4) is 0 Å². The molecule has 4 rings (SSSR count). The number of carbonyl (C=O) groups excluding carboxylic acids is 1. The monoisotopic (exact) mass is 337 g/mol. The topological polar surface area (TPSA) is 40.5 Å². The van der Waals surface area contributed by atoms with Crippen molar-refractivity contribution in [2.75, 3.05) is 14.2 Å². The number of rotatable bonds is 3. The highest BCUT2D eigenvalue weighted by Crippen LogP contribution is 2.38. The molecule has 0 amide bonds. The smallest absolute Gasteiger partial charge is 0.337 e. The highest BCUT2D eigenvalue weighted by Gasteiger charge is 2.25. The zero-order valence-corrected chi connectivity index (χ0v) is 14.7. The molecule has 130 valence electrons. The minimum absolute atomic E-state index is 0.290. The molecule has 0 N–H and O–H groups in total. The third-order valence-corrected chi connectivity index (χ3v) is 5.47. The van der Waals surface area contributed by atoms with Crippen molar-refractivity contribution in [3.63, 3.8) is 0 Å². The van der Waals surface area contributed by atoms with Crippen molar-refractivity contribution in [2.24, 2.45) is 0 Å². The Hall–Kier alpha value is -2.33. The lowest BCUT2D eigenvalue weighted by molar-refractivity contribution is 0.0594. The first-order valence-electron chi connectivity index (χ1n) is 8.86. The molecular formula is C21H23NO3. The van der Waals surface area contributed by atoms with Crippen molar-refractivity contribution in [1.82, 2.24) is 4.57 Å². The maximum absolute atomic E-state index is 12.0. The van der Waals surface area contributed by atoms with Gasteiger partial charge in [-0.3, -0.25) is 0 Å². The van der Waals surface area contributed by atoms with Crippen LogP contribution in [0.25, 0.3) is 21.8 Å². The van der Waals surface area contributed by atoms with Crippen molar-refractivity contribution in [3.8, 4) is 0 Å². The number of nitrogens with zero attached hydrogens (tertiary/aromatic N) is 1. The van der Waals surface area contributed by atoms with Crippen molar-refractivity contribution < 1.29 is 14.3 Å². The molecule has 1 aromatic heterocycles. The van der Waals surface area contributed by atoms with Gasteiger partial charge >= 0.3 is 5.97 Å². The first kappa shape index (κ1) is 16.2. The van der Waals surface area contributed by atoms with E-state index in [2.05, 4.69) is 28.8 Å². The molecule has 2 aromatic carbocycles. The van der Waals surface area contributed by atoms with Gasteiger partial charge in [0.1, 0.15) is 0 Å². The fourth-order valence-electron chi connectivity index (χ4n) is 4.18. The summed E-state index contributed by atoms with van der Waals surface area (Å²) in [5.41, 5.74) is 2.95. The lowest BCUT2D eigenvalue weighted by atomic mass is 9.92. The second-order valence-electron chi connectivity index (χ2n) is 6.78. The van der Waals surface area contributed by atoms with Crippen LogP contribution in [0.2, 0.25) is 0 Å². The van der Waals surface area contributed by atoms with Gasteiger partial charge in [0.05, 0.1) is 24.3 Å². The van der Waals surface area contributed by atoms with Crippen LogP contribution in [-0.4, -0.2) is 30.9 Å². The summed E-state index contributed by atoms with van der Waals surface area (Å²) in [7, 11) is 3.22. The number of methoxy groups -OCH3 is 2. The molecule has 4 nitrogen and oxygen atoms in total. The third-order valence-electron chi connectivity index (χ3n) is 5.47. The molecule has 25 heavy (non-hydrogen) atoms. The van der Waals surface area contributed by atoms with E-state index in [1.165, 1.54) is 23.4 Å². The van der Waals surface area contributed by atoms with Gasteiger partial charge in [-0.1, -0.05) is 24.3 Å². The summed E-state index contributed by atoms with van der Waals surface area (Å²) >= 11 is 0. The maximum Gasteiger partial charge on any atom is 0.337 e. The first-order chi connectivity index (χ1) is 12.2. The Kier molecular flexibility index (Phi) is 4.22. The summed E-state index contributed by atoms with van der Waals surface area (Å²) in [5.74, 6) is -0.290. The fraction of sp³-hybridized carbons (Fsp3) is 0.381. The molecule has 0 spiro atoms. The number of ether oxygens (including phenoxy) is 2. The normalized spacial score (nSPS) is 20.9. The van der Waals surface area contributed by atoms with E-state index in [4.69, 9.17) is 9.47 Å². The van der Waals surface area contributed by atoms with Crippen LogP contribution in [0.1, 0.15) is 42.1 Å². The molecule has 0 saturated heterocycles. The molecule has 3 aromatic rings. The Bertz CT molecular complexity index is 919. The lowest BCUT2D eigenvalue weighted by Gasteiger charge is -2.30. The number of benzene rings is 2. The summed E-state index contributed by atoms with van der Waals surface area (Å²) in [4.78, 5) is 12.0. The molecule has 0 unspecified atom stereocenters. The molecule has 1 saturated carbocycles. The average Bonchev–Trinajstić information content (AvgIpc) is 3.01. The Labute approximate surface area is 147 Å². The quantitative estimate of drug-likeness (QED) is 0.650. The Balaban J connectivity index is 1.88. The maximum atomic E-state index is 12.0. The predicted molar refractivity (Wildman–Crippen MR) is 99.1 cm³/mol. The van der Waals surface area contributed by atoms with E-state index in [1.54, 1.807) is 7.11 Å². The molecule has 0 atom stereocenters. The average molecular weight is 337 g/mol. The molecule has 0 bridgehead atoms. The number of hydrogen-bond donors (Lipinski definition) is 0. The molecule has 1 aliphatic rings. The number of fused-ring (bicyclic) bond motifs is 3. The van der Waals surface area contributed by atoms with E-state index in [9.17, 15) is 4.79 Å². The largest absolute Gasteiger partial charge is 0.465 e. The van der Waals surface area contributed by atoms with Crippen molar-refractivity contribution >= 4 is 27.8 Å². The van der Waals surface area contributed by atoms with Gasteiger partial charge in [0.2, 0.25) is 0 Å². The SMILES string of the molecule is COC(=O)c1ccc2c3ccccc3n([C@H]3CC[C@@H](OC)CC3)c2c1. The summed E-state index contributed by atoms with van der Waals surface area (Å²) in [5, 5.41) is 2.43. The zero-order valence-electron chi connectivity index (χ0n) is 14.7. The van der Waals surface area contributed by atoms with Crippen LogP contribution < -0.4 is 0 Å². The van der Waals surface area contributed by atoms with Gasteiger partial charge in [0.15, 0.2) is 0 Å². The minimum Gasteiger partial charge on any atom is -0.465 e. The van der Waals surface area contributed by atoms with E-state index in [1.807, 2.05) is 18.2 Å². The van der Waals surface area contributed by atoms with Gasteiger partial charge in [-0.15, -0.1) is 0 Å². The standard InChI is InChI=1S/C21H23NO3/c1-24-16-10-8-15(9-11-16)22-19-6-4-3-5-17(19)18-12-7-14(13-20(18)22)21(23)25-2/h3-7,12-13,15-16H,8-11H2,1-2H3/t15-,16+. The molecule has 1 aliphatic carbocycles. The van der Waals surface area contributed by atoms with Crippen molar-refractivity contribution in [2.45, 2.75) is 37.8 Å². The summed E-state index contributed by atoms with van der Waals surface area (Å²) < 4.78 is 12.9. The van der Waals surface area contributed by atoms with Crippen LogP contribution in [0.15, 0.2) is 42.5 Å². The predicted octanol–water partition coefficient (Wildman–Crippen LogP) is 4.71. The van der Waals surface area contributed by atoms with E-state index in [-0.39, 0.29) is 5.97 Å². The van der Waals surface area contributed by atoms with Gasteiger partial charge in [-0.25, -0.2) is 4.79 Å². The highest BCUT2D eigenvalue weighted by atomic mass is 16.5. The van der Waals surface area contributed by atoms with Gasteiger partial charge in [0.25, 0.3) is 0 Å². The van der Waals surface area contributed by atoms with Crippen LogP contribution in [0.5, 0.6) is 0 Å². The van der Waals surface area contributed by atoms with Gasteiger partial charge in [-0.2, -0.15) is 0 Å². The molecule has 1 heterocycles. The Morgan fingerprint density at radius 3 is 2.40 bits per heavy atom. The van der Waals surface area contributed by atoms with E-state index in [0.29, 0.717) is 17.7 Å². The van der Waals surface area contributed by atoms with Crippen LogP contribution in [0, 0.1) is 0 Å². The number of hydrogen-bond acceptors (Lipinski definition) is 3. The Morgan fingerprint density at radius 2 is 1.68 bits per heavy atom. The van der Waals surface area contributed by atoms with Crippen LogP contribution in [0.4, 0.5) is 0 Å². The molecular weight excluding hydrogens is 314 g/mol. The lowest BCUT2D eigenvalue weighted by Crippen LogP contribution is -2.22. The Morgan fingerprint density at radius 1 is 0.960 bits per heavy atom. The summed E-state index contributed by atoms with van der Waals surface area (Å²) in [6, 6.07) is 14.8. The minimum atomic E-state index is -0.290. The van der Waals surface area contributed by atoms with E-state index < -0.39 is 0 Å². The zero-order chi connectivity index (χ0) is 17.4. The van der Waals surface area contributed by atoms with Gasteiger partial charge < -0.3 is 14.0 Å². The third kappa shape index (κ3) is 2.71. The van der Waals surface area contributed by atoms with E-state index >= 15 is 0 Å². The van der Waals surface area contributed by atoms with Gasteiger partial charge in [-0.05, 0) is 43.9 Å². The van der Waals surface area contributed by atoms with Crippen molar-refractivity contribution in [3.05, 3.63) is 48.0 Å². The summed E-state index contributed by atoms with van der Waals surface area (Å²) in [6.45, 7) is 0. The number of carbonyl (C=O) groups is 1.